The van der Waals surface area contributed by atoms with Gasteiger partial charge in [-0.05, 0) is 35.2 Å². The zero-order valence-corrected chi connectivity index (χ0v) is 15.4. The third-order valence-corrected chi connectivity index (χ3v) is 5.25. The quantitative estimate of drug-likeness (QED) is 0.663. The largest absolute Gasteiger partial charge is 0.339 e. The number of piperazine rings is 1. The molecule has 1 saturated heterocycles. The maximum Gasteiger partial charge on any atom is 0.323 e. The fourth-order valence-electron chi connectivity index (χ4n) is 3.66. The van der Waals surface area contributed by atoms with Gasteiger partial charge in [0.2, 0.25) is 5.91 Å². The molecule has 6 nitrogen and oxygen atoms in total. The number of H-pyrrole nitrogens is 2. The van der Waals surface area contributed by atoms with Crippen LogP contribution in [0.1, 0.15) is 29.7 Å². The van der Waals surface area contributed by atoms with E-state index in [-0.39, 0.29) is 17.6 Å². The zero-order chi connectivity index (χ0) is 18.8. The van der Waals surface area contributed by atoms with Crippen LogP contribution >= 0.6 is 0 Å². The molecule has 2 aromatic carbocycles. The Bertz CT molecular complexity index is 1000. The van der Waals surface area contributed by atoms with E-state index in [1.807, 2.05) is 23.1 Å². The van der Waals surface area contributed by atoms with Crippen LogP contribution in [0.2, 0.25) is 0 Å². The van der Waals surface area contributed by atoms with Crippen molar-refractivity contribution in [3.8, 4) is 0 Å². The SMILES string of the molecule is CCc1ccc(C2CN(C(=O)Cc3ccc4[nH]c(=O)[nH]c4c3)CCN2)cc1. The maximum atomic E-state index is 12.8. The number of benzene rings is 2. The van der Waals surface area contributed by atoms with Crippen LogP contribution in [-0.4, -0.2) is 40.4 Å². The van der Waals surface area contributed by atoms with E-state index in [2.05, 4.69) is 46.5 Å². The van der Waals surface area contributed by atoms with Crippen LogP contribution in [0.3, 0.4) is 0 Å². The van der Waals surface area contributed by atoms with Crippen molar-refractivity contribution in [2.75, 3.05) is 19.6 Å². The fourth-order valence-corrected chi connectivity index (χ4v) is 3.66. The monoisotopic (exact) mass is 364 g/mol. The Morgan fingerprint density at radius 1 is 1.07 bits per heavy atom. The van der Waals surface area contributed by atoms with Crippen LogP contribution in [0, 0.1) is 0 Å². The number of carbonyl (C=O) groups is 1. The van der Waals surface area contributed by atoms with Crippen LogP contribution in [0.15, 0.2) is 47.3 Å². The van der Waals surface area contributed by atoms with Crippen molar-refractivity contribution in [1.29, 1.82) is 0 Å². The number of nitrogens with one attached hydrogen (secondary N) is 3. The van der Waals surface area contributed by atoms with Crippen molar-refractivity contribution in [2.24, 2.45) is 0 Å². The summed E-state index contributed by atoms with van der Waals surface area (Å²) in [6, 6.07) is 14.4. The summed E-state index contributed by atoms with van der Waals surface area (Å²) in [5.74, 6) is 0.115. The molecule has 6 heteroatoms. The molecule has 1 unspecified atom stereocenters. The number of aromatic amines is 2. The predicted molar refractivity (Wildman–Crippen MR) is 106 cm³/mol. The third-order valence-electron chi connectivity index (χ3n) is 5.25. The first-order valence-electron chi connectivity index (χ1n) is 9.43. The number of nitrogens with zero attached hydrogens (tertiary/aromatic N) is 1. The minimum Gasteiger partial charge on any atom is -0.339 e. The molecular formula is C21H24N4O2. The van der Waals surface area contributed by atoms with Crippen molar-refractivity contribution in [3.63, 3.8) is 0 Å². The summed E-state index contributed by atoms with van der Waals surface area (Å²) in [5, 5.41) is 3.51. The average molecular weight is 364 g/mol. The molecule has 0 bridgehead atoms. The second-order valence-corrected chi connectivity index (χ2v) is 7.08. The van der Waals surface area contributed by atoms with Gasteiger partial charge in [0.25, 0.3) is 0 Å². The number of rotatable bonds is 4. The lowest BCUT2D eigenvalue weighted by Crippen LogP contribution is -2.48. The number of amides is 1. The van der Waals surface area contributed by atoms with Gasteiger partial charge in [-0.25, -0.2) is 4.79 Å². The van der Waals surface area contributed by atoms with Crippen molar-refractivity contribution in [3.05, 3.63) is 69.6 Å². The first-order valence-corrected chi connectivity index (χ1v) is 9.43. The van der Waals surface area contributed by atoms with Gasteiger partial charge in [-0.1, -0.05) is 37.3 Å². The average Bonchev–Trinajstić information content (AvgIpc) is 3.07. The Morgan fingerprint density at radius 2 is 1.81 bits per heavy atom. The highest BCUT2D eigenvalue weighted by atomic mass is 16.2. The highest BCUT2D eigenvalue weighted by Crippen LogP contribution is 2.19. The topological polar surface area (TPSA) is 81.0 Å². The molecule has 0 radical (unpaired) electrons. The number of carbonyl (C=O) groups excluding carboxylic acids is 1. The minimum absolute atomic E-state index is 0.115. The van der Waals surface area contributed by atoms with Gasteiger partial charge in [0.15, 0.2) is 0 Å². The van der Waals surface area contributed by atoms with Gasteiger partial charge in [-0.2, -0.15) is 0 Å². The van der Waals surface area contributed by atoms with E-state index in [9.17, 15) is 9.59 Å². The van der Waals surface area contributed by atoms with Gasteiger partial charge >= 0.3 is 5.69 Å². The van der Waals surface area contributed by atoms with E-state index < -0.39 is 0 Å². The molecule has 2 heterocycles. The molecular weight excluding hydrogens is 340 g/mol. The molecule has 27 heavy (non-hydrogen) atoms. The highest BCUT2D eigenvalue weighted by molar-refractivity contribution is 5.81. The van der Waals surface area contributed by atoms with E-state index in [1.54, 1.807) is 0 Å². The van der Waals surface area contributed by atoms with Gasteiger partial charge in [-0.15, -0.1) is 0 Å². The smallest absolute Gasteiger partial charge is 0.323 e. The van der Waals surface area contributed by atoms with E-state index in [0.29, 0.717) is 19.5 Å². The molecule has 3 N–H and O–H groups in total. The number of hydrogen-bond donors (Lipinski definition) is 3. The van der Waals surface area contributed by atoms with Gasteiger partial charge in [0, 0.05) is 25.7 Å². The second-order valence-electron chi connectivity index (χ2n) is 7.08. The highest BCUT2D eigenvalue weighted by Gasteiger charge is 2.24. The number of aromatic nitrogens is 2. The Morgan fingerprint density at radius 3 is 2.59 bits per heavy atom. The molecule has 0 spiro atoms. The lowest BCUT2D eigenvalue weighted by molar-refractivity contribution is -0.131. The molecule has 1 amide bonds. The predicted octanol–water partition coefficient (Wildman–Crippen LogP) is 2.13. The number of fused-ring (bicyclic) bond motifs is 1. The van der Waals surface area contributed by atoms with Crippen LogP contribution < -0.4 is 11.0 Å². The summed E-state index contributed by atoms with van der Waals surface area (Å²) in [6.45, 7) is 4.32. The van der Waals surface area contributed by atoms with Crippen LogP contribution in [0.4, 0.5) is 0 Å². The second kappa shape index (κ2) is 7.40. The first-order chi connectivity index (χ1) is 13.1. The third kappa shape index (κ3) is 3.80. The summed E-state index contributed by atoms with van der Waals surface area (Å²) < 4.78 is 0. The summed E-state index contributed by atoms with van der Waals surface area (Å²) in [4.78, 5) is 31.6. The molecule has 0 aliphatic carbocycles. The van der Waals surface area contributed by atoms with Crippen molar-refractivity contribution in [1.82, 2.24) is 20.2 Å². The van der Waals surface area contributed by atoms with Crippen LogP contribution in [0.25, 0.3) is 11.0 Å². The molecule has 1 aliphatic rings. The molecule has 0 saturated carbocycles. The Labute approximate surface area is 157 Å². The van der Waals surface area contributed by atoms with Gasteiger partial charge in [0.05, 0.1) is 17.5 Å². The zero-order valence-electron chi connectivity index (χ0n) is 15.4. The van der Waals surface area contributed by atoms with E-state index >= 15 is 0 Å². The minimum atomic E-state index is -0.229. The lowest BCUT2D eigenvalue weighted by atomic mass is 10.0. The number of aryl methyl sites for hydroxylation is 1. The summed E-state index contributed by atoms with van der Waals surface area (Å²) in [5.41, 5.74) is 4.71. The number of hydrogen-bond acceptors (Lipinski definition) is 3. The molecule has 1 aromatic heterocycles. The molecule has 140 valence electrons. The Balaban J connectivity index is 1.44. The summed E-state index contributed by atoms with van der Waals surface area (Å²) in [7, 11) is 0. The first kappa shape index (κ1) is 17.5. The van der Waals surface area contributed by atoms with Crippen molar-refractivity contribution in [2.45, 2.75) is 25.8 Å². The standard InChI is InChI=1S/C21H24N4O2/c1-2-14-3-6-16(7-4-14)19-13-25(10-9-22-19)20(26)12-15-5-8-17-18(11-15)24-21(27)23-17/h3-8,11,19,22H,2,9-10,12-13H2,1H3,(H2,23,24,27). The fraction of sp³-hybridized carbons (Fsp3) is 0.333. The van der Waals surface area contributed by atoms with E-state index in [0.717, 1.165) is 29.6 Å². The van der Waals surface area contributed by atoms with Crippen molar-refractivity contribution >= 4 is 16.9 Å². The Kier molecular flexibility index (Phi) is 4.81. The lowest BCUT2D eigenvalue weighted by Gasteiger charge is -2.34. The maximum absolute atomic E-state index is 12.8. The van der Waals surface area contributed by atoms with Gasteiger partial charge in [0.1, 0.15) is 0 Å². The van der Waals surface area contributed by atoms with Gasteiger partial charge < -0.3 is 20.2 Å². The van der Waals surface area contributed by atoms with Crippen molar-refractivity contribution < 1.29 is 4.79 Å². The van der Waals surface area contributed by atoms with Gasteiger partial charge in [-0.3, -0.25) is 4.79 Å². The summed E-state index contributed by atoms with van der Waals surface area (Å²) in [6.07, 6.45) is 1.37. The van der Waals surface area contributed by atoms with E-state index in [1.165, 1.54) is 11.1 Å². The van der Waals surface area contributed by atoms with Crippen LogP contribution in [-0.2, 0) is 17.6 Å². The molecule has 4 rings (SSSR count). The summed E-state index contributed by atoms with van der Waals surface area (Å²) >= 11 is 0. The molecule has 1 aliphatic heterocycles. The molecule has 1 fully saturated rings. The Hall–Kier alpha value is -2.86. The molecule has 3 aromatic rings. The van der Waals surface area contributed by atoms with Crippen LogP contribution in [0.5, 0.6) is 0 Å². The normalized spacial score (nSPS) is 17.4. The number of imidazole rings is 1. The molecule has 1 atom stereocenters. The van der Waals surface area contributed by atoms with E-state index in [4.69, 9.17) is 0 Å².